The lowest BCUT2D eigenvalue weighted by Gasteiger charge is -2.05. The van der Waals surface area contributed by atoms with Gasteiger partial charge < -0.3 is 0 Å². The smallest absolute Gasteiger partial charge is 0.251 e. The molecule has 0 aromatic carbocycles. The molecule has 0 atom stereocenters. The van der Waals surface area contributed by atoms with E-state index in [2.05, 4.69) is 0 Å². The van der Waals surface area contributed by atoms with E-state index in [-0.39, 0.29) is 13.1 Å². The normalized spacial score (nSPS) is 12.0. The Morgan fingerprint density at radius 1 is 0.600 bits per heavy atom. The Bertz CT molecular complexity index is 131. The maximum Gasteiger partial charge on any atom is 0.389 e. The summed E-state index contributed by atoms with van der Waals surface area (Å²) in [4.78, 5) is 0. The molecule has 0 heterocycles. The van der Waals surface area contributed by atoms with Crippen molar-refractivity contribution in [2.45, 2.75) is 64.0 Å². The van der Waals surface area contributed by atoms with Crippen LogP contribution >= 0.6 is 0 Å². The molecule has 0 radical (unpaired) electrons. The Kier molecular flexibility index (Phi) is 8.82. The molecule has 0 aliphatic rings. The number of unbranched alkanes of at least 4 members (excludes halogenated alkanes) is 7. The Hall–Kier alpha value is -0.280. The molecule has 0 aliphatic heterocycles. The van der Waals surface area contributed by atoms with Crippen molar-refractivity contribution in [3.05, 3.63) is 0 Å². The van der Waals surface area contributed by atoms with Crippen LogP contribution in [0.3, 0.4) is 0 Å². The Morgan fingerprint density at radius 2 is 1.00 bits per heavy atom. The second-order valence-electron chi connectivity index (χ2n) is 3.88. The molecule has 4 heteroatoms. The van der Waals surface area contributed by atoms with Gasteiger partial charge in [0, 0.05) is 6.42 Å². The summed E-state index contributed by atoms with van der Waals surface area (Å²) in [6, 6.07) is 0. The van der Waals surface area contributed by atoms with Crippen molar-refractivity contribution in [1.82, 2.24) is 0 Å². The van der Waals surface area contributed by atoms with E-state index in [0.29, 0.717) is 12.8 Å². The van der Waals surface area contributed by atoms with Gasteiger partial charge in [0.1, 0.15) is 0 Å². The molecule has 0 rings (SSSR count). The van der Waals surface area contributed by atoms with Gasteiger partial charge in [0.15, 0.2) is 0 Å². The van der Waals surface area contributed by atoms with Crippen LogP contribution in [0, 0.1) is 0 Å². The SMILES string of the molecule is FCCCCCCCCCCC(F)(F)F. The molecule has 0 aromatic heterocycles. The molecule has 15 heavy (non-hydrogen) atoms. The van der Waals surface area contributed by atoms with Crippen LogP contribution in [-0.2, 0) is 0 Å². The van der Waals surface area contributed by atoms with E-state index in [1.54, 1.807) is 0 Å². The average molecular weight is 228 g/mol. The first-order chi connectivity index (χ1) is 7.06. The Morgan fingerprint density at radius 3 is 1.40 bits per heavy atom. The van der Waals surface area contributed by atoms with Crippen molar-refractivity contribution in [3.63, 3.8) is 0 Å². The third-order valence-electron chi connectivity index (χ3n) is 2.34. The van der Waals surface area contributed by atoms with Crippen LogP contribution in [0.15, 0.2) is 0 Å². The summed E-state index contributed by atoms with van der Waals surface area (Å²) in [5, 5.41) is 0. The molecule has 92 valence electrons. The van der Waals surface area contributed by atoms with E-state index in [0.717, 1.165) is 32.1 Å². The minimum Gasteiger partial charge on any atom is -0.251 e. The summed E-state index contributed by atoms with van der Waals surface area (Å²) in [6.07, 6.45) is 1.63. The summed E-state index contributed by atoms with van der Waals surface area (Å²) in [6.45, 7) is -0.258. The van der Waals surface area contributed by atoms with Crippen molar-refractivity contribution >= 4 is 0 Å². The van der Waals surface area contributed by atoms with Gasteiger partial charge in [0.25, 0.3) is 0 Å². The van der Waals surface area contributed by atoms with E-state index in [4.69, 9.17) is 0 Å². The quantitative estimate of drug-likeness (QED) is 0.383. The maximum absolute atomic E-state index is 11.7. The second kappa shape index (κ2) is 8.98. The number of alkyl halides is 4. The highest BCUT2D eigenvalue weighted by Crippen LogP contribution is 2.23. The zero-order chi connectivity index (χ0) is 11.6. The van der Waals surface area contributed by atoms with Gasteiger partial charge in [-0.3, -0.25) is 4.39 Å². The highest BCUT2D eigenvalue weighted by atomic mass is 19.4. The van der Waals surface area contributed by atoms with Gasteiger partial charge in [-0.05, 0) is 12.8 Å². The molecular formula is C11H20F4. The molecule has 0 N–H and O–H groups in total. The van der Waals surface area contributed by atoms with Gasteiger partial charge in [0.05, 0.1) is 6.67 Å². The molecular weight excluding hydrogens is 208 g/mol. The highest BCUT2D eigenvalue weighted by Gasteiger charge is 2.25. The fraction of sp³-hybridized carbons (Fsp3) is 1.00. The van der Waals surface area contributed by atoms with E-state index >= 15 is 0 Å². The summed E-state index contributed by atoms with van der Waals surface area (Å²) in [5.74, 6) is 0. The number of hydrogen-bond acceptors (Lipinski definition) is 0. The molecule has 0 nitrogen and oxygen atoms in total. The fourth-order valence-electron chi connectivity index (χ4n) is 1.48. The minimum absolute atomic E-state index is 0.244. The van der Waals surface area contributed by atoms with Gasteiger partial charge in [-0.25, -0.2) is 0 Å². The van der Waals surface area contributed by atoms with Crippen LogP contribution in [0.5, 0.6) is 0 Å². The average Bonchev–Trinajstić information content (AvgIpc) is 2.14. The fourth-order valence-corrected chi connectivity index (χ4v) is 1.48. The van der Waals surface area contributed by atoms with Crippen LogP contribution in [-0.4, -0.2) is 12.9 Å². The van der Waals surface area contributed by atoms with Crippen molar-refractivity contribution in [1.29, 1.82) is 0 Å². The lowest BCUT2D eigenvalue weighted by atomic mass is 10.1. The molecule has 0 saturated heterocycles. The first-order valence-electron chi connectivity index (χ1n) is 5.69. The van der Waals surface area contributed by atoms with Crippen LogP contribution in [0.25, 0.3) is 0 Å². The zero-order valence-electron chi connectivity index (χ0n) is 9.08. The van der Waals surface area contributed by atoms with Gasteiger partial charge in [-0.1, -0.05) is 38.5 Å². The molecule has 0 bridgehead atoms. The molecule has 0 unspecified atom stereocenters. The monoisotopic (exact) mass is 228 g/mol. The van der Waals surface area contributed by atoms with Crippen molar-refractivity contribution in [2.75, 3.05) is 6.67 Å². The number of rotatable bonds is 9. The van der Waals surface area contributed by atoms with E-state index in [1.807, 2.05) is 0 Å². The topological polar surface area (TPSA) is 0 Å². The van der Waals surface area contributed by atoms with Crippen molar-refractivity contribution < 1.29 is 17.6 Å². The molecule has 0 aliphatic carbocycles. The molecule has 0 aromatic rings. The van der Waals surface area contributed by atoms with Gasteiger partial charge in [-0.15, -0.1) is 0 Å². The largest absolute Gasteiger partial charge is 0.389 e. The van der Waals surface area contributed by atoms with Crippen molar-refractivity contribution in [2.24, 2.45) is 0 Å². The highest BCUT2D eigenvalue weighted by molar-refractivity contribution is 4.52. The van der Waals surface area contributed by atoms with Crippen LogP contribution in [0.1, 0.15) is 57.8 Å². The lowest BCUT2D eigenvalue weighted by Crippen LogP contribution is -2.06. The predicted octanol–water partition coefficient (Wildman–Crippen LogP) is 5.03. The van der Waals surface area contributed by atoms with Gasteiger partial charge >= 0.3 is 6.18 Å². The predicted molar refractivity (Wildman–Crippen MR) is 53.6 cm³/mol. The van der Waals surface area contributed by atoms with Gasteiger partial charge in [0.2, 0.25) is 0 Å². The number of hydrogen-bond donors (Lipinski definition) is 0. The molecule has 0 fully saturated rings. The van der Waals surface area contributed by atoms with Crippen molar-refractivity contribution in [3.8, 4) is 0 Å². The number of halogens is 4. The maximum atomic E-state index is 11.7. The zero-order valence-corrected chi connectivity index (χ0v) is 9.08. The third kappa shape index (κ3) is 13.7. The molecule has 0 amide bonds. The second-order valence-corrected chi connectivity index (χ2v) is 3.88. The standard InChI is InChI=1S/C11H20F4/c12-10-8-6-4-2-1-3-5-7-9-11(13,14)15/h1-10H2. The summed E-state index contributed by atoms with van der Waals surface area (Å²) < 4.78 is 46.9. The molecule has 0 saturated carbocycles. The first kappa shape index (κ1) is 14.7. The van der Waals surface area contributed by atoms with E-state index in [9.17, 15) is 17.6 Å². The lowest BCUT2D eigenvalue weighted by molar-refractivity contribution is -0.135. The van der Waals surface area contributed by atoms with Crippen LogP contribution in [0.4, 0.5) is 17.6 Å². The van der Waals surface area contributed by atoms with E-state index < -0.39 is 12.6 Å². The molecule has 0 spiro atoms. The summed E-state index contributed by atoms with van der Waals surface area (Å²) >= 11 is 0. The Labute approximate surface area is 89.1 Å². The minimum atomic E-state index is -4.00. The Balaban J connectivity index is 2.99. The van der Waals surface area contributed by atoms with Crippen LogP contribution in [0.2, 0.25) is 0 Å². The van der Waals surface area contributed by atoms with Crippen LogP contribution < -0.4 is 0 Å². The van der Waals surface area contributed by atoms with E-state index in [1.165, 1.54) is 0 Å². The first-order valence-corrected chi connectivity index (χ1v) is 5.69. The third-order valence-corrected chi connectivity index (χ3v) is 2.34. The summed E-state index contributed by atoms with van der Waals surface area (Å²) in [5.41, 5.74) is 0. The van der Waals surface area contributed by atoms with Gasteiger partial charge in [-0.2, -0.15) is 13.2 Å². The summed E-state index contributed by atoms with van der Waals surface area (Å²) in [7, 11) is 0.